The number of aromatic nitrogens is 1. The van der Waals surface area contributed by atoms with E-state index in [0.29, 0.717) is 12.2 Å². The van der Waals surface area contributed by atoms with E-state index in [1.165, 1.54) is 17.4 Å². The largest absolute Gasteiger partial charge is 0.423 e. The third-order valence-electron chi connectivity index (χ3n) is 5.71. The summed E-state index contributed by atoms with van der Waals surface area (Å²) in [6.07, 6.45) is 3.32. The topological polar surface area (TPSA) is 66.6 Å². The Bertz CT molecular complexity index is 1060. The molecule has 3 aromatic rings. The standard InChI is InChI=1S/C25H28N2O3/c1-16(28)27(22-7-5-6-17-10-13-20(29)14-21(17)22)24-26-15-23(30-24)18-8-11-19(12-9-18)25(2,3)4/h5-9,11-12,15,20,29H,10,13-14H2,1-4H3. The van der Waals surface area contributed by atoms with Gasteiger partial charge in [0.15, 0.2) is 5.76 Å². The summed E-state index contributed by atoms with van der Waals surface area (Å²) >= 11 is 0. The Hall–Kier alpha value is -2.92. The Morgan fingerprint density at radius 3 is 2.57 bits per heavy atom. The molecule has 1 aliphatic rings. The summed E-state index contributed by atoms with van der Waals surface area (Å²) in [5, 5.41) is 10.2. The van der Waals surface area contributed by atoms with E-state index in [9.17, 15) is 9.90 Å². The fourth-order valence-corrected chi connectivity index (χ4v) is 4.00. The van der Waals surface area contributed by atoms with Crippen molar-refractivity contribution in [3.8, 4) is 11.3 Å². The molecule has 5 nitrogen and oxygen atoms in total. The Balaban J connectivity index is 1.70. The van der Waals surface area contributed by atoms with Gasteiger partial charge in [0, 0.05) is 18.9 Å². The smallest absolute Gasteiger partial charge is 0.309 e. The molecule has 30 heavy (non-hydrogen) atoms. The van der Waals surface area contributed by atoms with Crippen LogP contribution in [0.3, 0.4) is 0 Å². The lowest BCUT2D eigenvalue weighted by Gasteiger charge is -2.27. The minimum atomic E-state index is -0.395. The lowest BCUT2D eigenvalue weighted by Crippen LogP contribution is -2.27. The number of benzene rings is 2. The van der Waals surface area contributed by atoms with Crippen molar-refractivity contribution in [3.63, 3.8) is 0 Å². The van der Waals surface area contributed by atoms with Gasteiger partial charge < -0.3 is 9.52 Å². The average Bonchev–Trinajstić information content (AvgIpc) is 3.17. The molecule has 0 aliphatic heterocycles. The van der Waals surface area contributed by atoms with Crippen LogP contribution in [0, 0.1) is 0 Å². The van der Waals surface area contributed by atoms with Crippen LogP contribution >= 0.6 is 0 Å². The van der Waals surface area contributed by atoms with Crippen LogP contribution in [0.2, 0.25) is 0 Å². The quantitative estimate of drug-likeness (QED) is 0.654. The van der Waals surface area contributed by atoms with Gasteiger partial charge in [0.1, 0.15) is 0 Å². The van der Waals surface area contributed by atoms with Gasteiger partial charge in [-0.05, 0) is 41.0 Å². The van der Waals surface area contributed by atoms with Gasteiger partial charge in [0.25, 0.3) is 0 Å². The van der Waals surface area contributed by atoms with Crippen LogP contribution in [-0.4, -0.2) is 22.1 Å². The molecule has 156 valence electrons. The second-order valence-electron chi connectivity index (χ2n) is 9.00. The first-order valence-corrected chi connectivity index (χ1v) is 10.4. The Labute approximate surface area is 177 Å². The second kappa shape index (κ2) is 7.73. The predicted octanol–water partition coefficient (Wildman–Crippen LogP) is 5.17. The highest BCUT2D eigenvalue weighted by atomic mass is 16.4. The summed E-state index contributed by atoms with van der Waals surface area (Å²) in [5.74, 6) is 0.432. The third kappa shape index (κ3) is 3.90. The number of carbonyl (C=O) groups excluding carboxylic acids is 1. The van der Waals surface area contributed by atoms with Crippen molar-refractivity contribution in [1.29, 1.82) is 0 Å². The molecule has 1 aliphatic carbocycles. The number of amides is 1. The summed E-state index contributed by atoms with van der Waals surface area (Å²) in [6, 6.07) is 14.3. The Morgan fingerprint density at radius 2 is 1.90 bits per heavy atom. The number of aryl methyl sites for hydroxylation is 1. The van der Waals surface area contributed by atoms with Crippen LogP contribution in [0.1, 0.15) is 50.8 Å². The van der Waals surface area contributed by atoms with Crippen molar-refractivity contribution in [2.75, 3.05) is 4.90 Å². The van der Waals surface area contributed by atoms with E-state index in [4.69, 9.17) is 4.42 Å². The summed E-state index contributed by atoms with van der Waals surface area (Å²) in [4.78, 5) is 18.5. The molecule has 1 N–H and O–H groups in total. The van der Waals surface area contributed by atoms with Crippen molar-refractivity contribution in [2.45, 2.75) is 58.5 Å². The first kappa shape index (κ1) is 20.4. The number of fused-ring (bicyclic) bond motifs is 1. The van der Waals surface area contributed by atoms with Crippen molar-refractivity contribution >= 4 is 17.6 Å². The maximum absolute atomic E-state index is 12.6. The molecule has 1 unspecified atom stereocenters. The highest BCUT2D eigenvalue weighted by Gasteiger charge is 2.27. The Morgan fingerprint density at radius 1 is 1.17 bits per heavy atom. The van der Waals surface area contributed by atoms with Gasteiger partial charge in [0.2, 0.25) is 5.91 Å². The van der Waals surface area contributed by atoms with E-state index >= 15 is 0 Å². The van der Waals surface area contributed by atoms with E-state index in [0.717, 1.165) is 35.2 Å². The molecule has 0 radical (unpaired) electrons. The van der Waals surface area contributed by atoms with Gasteiger partial charge in [0.05, 0.1) is 18.0 Å². The molecule has 2 aromatic carbocycles. The summed E-state index contributed by atoms with van der Waals surface area (Å²) in [7, 11) is 0. The van der Waals surface area contributed by atoms with E-state index < -0.39 is 6.10 Å². The second-order valence-corrected chi connectivity index (χ2v) is 9.00. The van der Waals surface area contributed by atoms with Crippen molar-refractivity contribution in [2.24, 2.45) is 0 Å². The molecule has 0 saturated carbocycles. The minimum absolute atomic E-state index is 0.0769. The van der Waals surface area contributed by atoms with Gasteiger partial charge in [-0.15, -0.1) is 0 Å². The molecule has 1 aromatic heterocycles. The predicted molar refractivity (Wildman–Crippen MR) is 118 cm³/mol. The number of carbonyl (C=O) groups is 1. The van der Waals surface area contributed by atoms with Crippen molar-refractivity contribution < 1.29 is 14.3 Å². The van der Waals surface area contributed by atoms with Gasteiger partial charge in [-0.1, -0.05) is 57.2 Å². The molecule has 0 spiro atoms. The maximum atomic E-state index is 12.6. The van der Waals surface area contributed by atoms with Crippen LogP contribution in [0.15, 0.2) is 53.1 Å². The van der Waals surface area contributed by atoms with Gasteiger partial charge in [-0.25, -0.2) is 9.88 Å². The van der Waals surface area contributed by atoms with Crippen molar-refractivity contribution in [3.05, 3.63) is 65.4 Å². The number of aliphatic hydroxyl groups is 1. The molecule has 1 atom stereocenters. The normalized spacial score (nSPS) is 16.2. The molecule has 5 heteroatoms. The zero-order valence-corrected chi connectivity index (χ0v) is 18.0. The highest BCUT2D eigenvalue weighted by Crippen LogP contribution is 2.36. The van der Waals surface area contributed by atoms with Gasteiger partial charge in [-0.2, -0.15) is 0 Å². The first-order valence-electron chi connectivity index (χ1n) is 10.4. The van der Waals surface area contributed by atoms with Crippen LogP contribution in [-0.2, 0) is 23.1 Å². The van der Waals surface area contributed by atoms with Crippen LogP contribution < -0.4 is 4.90 Å². The molecule has 0 bridgehead atoms. The molecular weight excluding hydrogens is 376 g/mol. The zero-order chi connectivity index (χ0) is 21.5. The number of hydrogen-bond donors (Lipinski definition) is 1. The average molecular weight is 405 g/mol. The lowest BCUT2D eigenvalue weighted by molar-refractivity contribution is -0.116. The molecule has 4 rings (SSSR count). The maximum Gasteiger partial charge on any atom is 0.309 e. The van der Waals surface area contributed by atoms with Crippen LogP contribution in [0.5, 0.6) is 0 Å². The first-order chi connectivity index (χ1) is 14.2. The molecule has 0 saturated heterocycles. The molecule has 1 amide bonds. The molecule has 1 heterocycles. The monoisotopic (exact) mass is 404 g/mol. The molecule has 0 fully saturated rings. The van der Waals surface area contributed by atoms with E-state index in [-0.39, 0.29) is 17.3 Å². The van der Waals surface area contributed by atoms with E-state index in [1.54, 1.807) is 6.20 Å². The summed E-state index contributed by atoms with van der Waals surface area (Å²) in [5.41, 5.74) is 5.11. The number of oxazole rings is 1. The highest BCUT2D eigenvalue weighted by molar-refractivity contribution is 5.98. The molecular formula is C25H28N2O3. The van der Waals surface area contributed by atoms with Gasteiger partial charge >= 0.3 is 6.01 Å². The number of rotatable bonds is 3. The fraction of sp³-hybridized carbons (Fsp3) is 0.360. The zero-order valence-electron chi connectivity index (χ0n) is 18.0. The third-order valence-corrected chi connectivity index (χ3v) is 5.71. The number of nitrogens with zero attached hydrogens (tertiary/aromatic N) is 2. The summed E-state index contributed by atoms with van der Waals surface area (Å²) in [6.45, 7) is 8.03. The summed E-state index contributed by atoms with van der Waals surface area (Å²) < 4.78 is 6.02. The number of anilines is 2. The number of hydrogen-bond acceptors (Lipinski definition) is 4. The fourth-order valence-electron chi connectivity index (χ4n) is 4.00. The van der Waals surface area contributed by atoms with Crippen LogP contribution in [0.4, 0.5) is 11.7 Å². The van der Waals surface area contributed by atoms with E-state index in [1.807, 2.05) is 24.3 Å². The van der Waals surface area contributed by atoms with Crippen molar-refractivity contribution in [1.82, 2.24) is 4.98 Å². The van der Waals surface area contributed by atoms with E-state index in [2.05, 4.69) is 44.0 Å². The number of aliphatic hydroxyl groups excluding tert-OH is 1. The minimum Gasteiger partial charge on any atom is -0.423 e. The van der Waals surface area contributed by atoms with Crippen LogP contribution in [0.25, 0.3) is 11.3 Å². The Kier molecular flexibility index (Phi) is 5.24. The SMILES string of the molecule is CC(=O)N(c1ncc(-c2ccc(C(C)(C)C)cc2)o1)c1cccc2c1CC(O)CC2. The lowest BCUT2D eigenvalue weighted by atomic mass is 9.86. The van der Waals surface area contributed by atoms with Gasteiger partial charge in [-0.3, -0.25) is 4.79 Å².